The van der Waals surface area contributed by atoms with Gasteiger partial charge in [-0.25, -0.2) is 4.79 Å². The second-order valence-electron chi connectivity index (χ2n) is 7.55. The highest BCUT2D eigenvalue weighted by molar-refractivity contribution is 7.09. The number of amides is 3. The monoisotopic (exact) mass is 415 g/mol. The van der Waals surface area contributed by atoms with Crippen molar-refractivity contribution in [1.82, 2.24) is 14.7 Å². The van der Waals surface area contributed by atoms with Crippen LogP contribution in [0.5, 0.6) is 11.5 Å². The third-order valence-corrected chi connectivity index (χ3v) is 5.87. The van der Waals surface area contributed by atoms with Crippen LogP contribution in [0.3, 0.4) is 0 Å². The van der Waals surface area contributed by atoms with Crippen molar-refractivity contribution < 1.29 is 19.1 Å². The Bertz CT molecular complexity index is 880. The fourth-order valence-electron chi connectivity index (χ4n) is 3.32. The Morgan fingerprint density at radius 2 is 1.90 bits per heavy atom. The number of thiophene rings is 1. The predicted molar refractivity (Wildman–Crippen MR) is 110 cm³/mol. The lowest BCUT2D eigenvalue weighted by molar-refractivity contribution is -0.133. The molecule has 7 nitrogen and oxygen atoms in total. The molecule has 2 aliphatic rings. The maximum atomic E-state index is 13.2. The first-order chi connectivity index (χ1) is 14.0. The fraction of sp³-hybridized carbons (Fsp3) is 0.429. The molecule has 29 heavy (non-hydrogen) atoms. The quantitative estimate of drug-likeness (QED) is 0.697. The lowest BCUT2D eigenvalue weighted by Gasteiger charge is -2.29. The number of fused-ring (bicyclic) bond motifs is 1. The third kappa shape index (κ3) is 4.64. The smallest absolute Gasteiger partial charge is 0.320 e. The molecule has 1 aliphatic carbocycles. The number of carbonyl (C=O) groups is 2. The molecule has 0 saturated heterocycles. The molecule has 154 valence electrons. The number of benzene rings is 1. The molecule has 2 heterocycles. The van der Waals surface area contributed by atoms with E-state index in [1.54, 1.807) is 30.3 Å². The first kappa shape index (κ1) is 19.6. The molecule has 0 bridgehead atoms. The van der Waals surface area contributed by atoms with Crippen molar-refractivity contribution in [3.63, 3.8) is 0 Å². The van der Waals surface area contributed by atoms with Gasteiger partial charge in [-0.05, 0) is 42.0 Å². The van der Waals surface area contributed by atoms with Crippen molar-refractivity contribution in [2.75, 3.05) is 27.4 Å². The Labute approximate surface area is 174 Å². The highest BCUT2D eigenvalue weighted by Gasteiger charge is 2.35. The van der Waals surface area contributed by atoms with Crippen molar-refractivity contribution in [1.29, 1.82) is 0 Å². The van der Waals surface area contributed by atoms with E-state index >= 15 is 0 Å². The maximum Gasteiger partial charge on any atom is 0.320 e. The highest BCUT2D eigenvalue weighted by Crippen LogP contribution is 2.33. The van der Waals surface area contributed by atoms with E-state index in [1.807, 2.05) is 40.6 Å². The molecule has 1 aromatic heterocycles. The molecule has 0 radical (unpaired) electrons. The van der Waals surface area contributed by atoms with Gasteiger partial charge < -0.3 is 24.2 Å². The second kappa shape index (κ2) is 8.32. The van der Waals surface area contributed by atoms with Gasteiger partial charge in [-0.1, -0.05) is 12.1 Å². The van der Waals surface area contributed by atoms with Crippen LogP contribution in [0.4, 0.5) is 4.79 Å². The van der Waals surface area contributed by atoms with Gasteiger partial charge in [0.05, 0.1) is 6.54 Å². The molecule has 0 unspecified atom stereocenters. The topological polar surface area (TPSA) is 62.3 Å². The van der Waals surface area contributed by atoms with Crippen LogP contribution in [0.25, 0.3) is 0 Å². The van der Waals surface area contributed by atoms with E-state index in [1.165, 1.54) is 4.90 Å². The Morgan fingerprint density at radius 1 is 1.10 bits per heavy atom. The van der Waals surface area contributed by atoms with Crippen LogP contribution in [-0.4, -0.2) is 60.1 Å². The normalized spacial score (nSPS) is 14.6. The first-order valence-corrected chi connectivity index (χ1v) is 10.6. The van der Waals surface area contributed by atoms with Gasteiger partial charge in [0.1, 0.15) is 6.54 Å². The summed E-state index contributed by atoms with van der Waals surface area (Å²) in [6.45, 7) is 1.28. The Kier molecular flexibility index (Phi) is 5.62. The molecular formula is C21H25N3O4S. The van der Waals surface area contributed by atoms with Crippen LogP contribution in [-0.2, 0) is 17.9 Å². The lowest BCUT2D eigenvalue weighted by atomic mass is 10.2. The Morgan fingerprint density at radius 3 is 2.59 bits per heavy atom. The maximum absolute atomic E-state index is 13.2. The van der Waals surface area contributed by atoms with Gasteiger partial charge in [0.15, 0.2) is 11.5 Å². The van der Waals surface area contributed by atoms with Gasteiger partial charge in [0.25, 0.3) is 0 Å². The average molecular weight is 416 g/mol. The number of hydrogen-bond donors (Lipinski definition) is 0. The van der Waals surface area contributed by atoms with Crippen molar-refractivity contribution in [3.05, 3.63) is 46.2 Å². The molecule has 4 rings (SSSR count). The fourth-order valence-corrected chi connectivity index (χ4v) is 4.04. The molecule has 1 saturated carbocycles. The van der Waals surface area contributed by atoms with Crippen molar-refractivity contribution in [2.45, 2.75) is 32.0 Å². The summed E-state index contributed by atoms with van der Waals surface area (Å²) in [5, 5.41) is 2.00. The summed E-state index contributed by atoms with van der Waals surface area (Å²) in [5.74, 6) is 1.37. The van der Waals surface area contributed by atoms with Crippen molar-refractivity contribution in [2.24, 2.45) is 0 Å². The van der Waals surface area contributed by atoms with Crippen LogP contribution >= 0.6 is 11.3 Å². The number of rotatable bonds is 7. The van der Waals surface area contributed by atoms with Gasteiger partial charge in [-0.3, -0.25) is 4.79 Å². The molecule has 1 aliphatic heterocycles. The minimum Gasteiger partial charge on any atom is -0.454 e. The summed E-state index contributed by atoms with van der Waals surface area (Å²) in [4.78, 5) is 31.9. The van der Waals surface area contributed by atoms with E-state index in [0.717, 1.165) is 29.0 Å². The second-order valence-corrected chi connectivity index (χ2v) is 8.59. The van der Waals surface area contributed by atoms with Crippen LogP contribution < -0.4 is 9.47 Å². The summed E-state index contributed by atoms with van der Waals surface area (Å²) >= 11 is 1.62. The summed E-state index contributed by atoms with van der Waals surface area (Å²) in [6.07, 6.45) is 1.92. The van der Waals surface area contributed by atoms with Gasteiger partial charge in [-0.2, -0.15) is 0 Å². The predicted octanol–water partition coefficient (Wildman–Crippen LogP) is 3.15. The average Bonchev–Trinajstić information content (AvgIpc) is 3.21. The summed E-state index contributed by atoms with van der Waals surface area (Å²) in [5.41, 5.74) is 0.969. The standard InChI is InChI=1S/C21H25N3O4S/c1-22(2)21(26)24(16-6-7-16)13-20(25)23(12-17-4-3-9-29-17)11-15-5-8-18-19(10-15)28-14-27-18/h3-5,8-10,16H,6-7,11-14H2,1-2H3. The molecular weight excluding hydrogens is 390 g/mol. The van der Waals surface area contributed by atoms with Crippen molar-refractivity contribution >= 4 is 23.3 Å². The van der Waals surface area contributed by atoms with E-state index in [4.69, 9.17) is 9.47 Å². The first-order valence-electron chi connectivity index (χ1n) is 9.68. The minimum atomic E-state index is -0.111. The van der Waals surface area contributed by atoms with Gasteiger partial charge in [0.2, 0.25) is 12.7 Å². The Balaban J connectivity index is 1.51. The summed E-state index contributed by atoms with van der Waals surface area (Å²) in [6, 6.07) is 9.80. The number of ether oxygens (including phenoxy) is 2. The zero-order valence-corrected chi connectivity index (χ0v) is 17.5. The molecule has 0 N–H and O–H groups in total. The largest absolute Gasteiger partial charge is 0.454 e. The zero-order chi connectivity index (χ0) is 20.4. The van der Waals surface area contributed by atoms with Gasteiger partial charge in [-0.15, -0.1) is 11.3 Å². The van der Waals surface area contributed by atoms with Crippen LogP contribution in [0.15, 0.2) is 35.7 Å². The third-order valence-electron chi connectivity index (χ3n) is 5.01. The van der Waals surface area contributed by atoms with E-state index in [2.05, 4.69) is 0 Å². The lowest BCUT2D eigenvalue weighted by Crippen LogP contribution is -2.47. The molecule has 0 atom stereocenters. The number of urea groups is 1. The molecule has 3 amide bonds. The molecule has 0 spiro atoms. The summed E-state index contributed by atoms with van der Waals surface area (Å²) in [7, 11) is 3.44. The van der Waals surface area contributed by atoms with Crippen LogP contribution in [0.2, 0.25) is 0 Å². The number of nitrogens with zero attached hydrogens (tertiary/aromatic N) is 3. The molecule has 1 aromatic carbocycles. The molecule has 1 fully saturated rings. The Hall–Kier alpha value is -2.74. The zero-order valence-electron chi connectivity index (χ0n) is 16.7. The minimum absolute atomic E-state index is 0.0573. The molecule has 2 aromatic rings. The number of hydrogen-bond acceptors (Lipinski definition) is 5. The number of carbonyl (C=O) groups excluding carboxylic acids is 2. The van der Waals surface area contributed by atoms with Gasteiger partial charge >= 0.3 is 6.03 Å². The van der Waals surface area contributed by atoms with E-state index in [-0.39, 0.29) is 31.3 Å². The van der Waals surface area contributed by atoms with Crippen LogP contribution in [0.1, 0.15) is 23.3 Å². The van der Waals surface area contributed by atoms with Crippen LogP contribution in [0, 0.1) is 0 Å². The van der Waals surface area contributed by atoms with Gasteiger partial charge in [0, 0.05) is 31.6 Å². The van der Waals surface area contributed by atoms with E-state index in [0.29, 0.717) is 18.8 Å². The van der Waals surface area contributed by atoms with E-state index in [9.17, 15) is 9.59 Å². The SMILES string of the molecule is CN(C)C(=O)N(CC(=O)N(Cc1ccc2c(c1)OCO2)Cc1cccs1)C1CC1. The highest BCUT2D eigenvalue weighted by atomic mass is 32.1. The summed E-state index contributed by atoms with van der Waals surface area (Å²) < 4.78 is 10.8. The van der Waals surface area contributed by atoms with Crippen molar-refractivity contribution in [3.8, 4) is 11.5 Å². The molecule has 8 heteroatoms. The van der Waals surface area contributed by atoms with E-state index < -0.39 is 0 Å².